The average molecular weight is 390 g/mol. The lowest BCUT2D eigenvalue weighted by Crippen LogP contribution is -2.08. The topological polar surface area (TPSA) is 0 Å². The summed E-state index contributed by atoms with van der Waals surface area (Å²) in [6.45, 7) is 0. The molecule has 1 aliphatic rings. The summed E-state index contributed by atoms with van der Waals surface area (Å²) < 4.78 is -0.0921. The fourth-order valence-electron chi connectivity index (χ4n) is 2.40. The minimum Gasteiger partial charge on any atom is -0.0741 e. The number of halogens is 2. The van der Waals surface area contributed by atoms with E-state index in [0.717, 1.165) is 6.42 Å². The molecule has 2 aromatic carbocycles. The van der Waals surface area contributed by atoms with E-state index in [1.165, 1.54) is 22.3 Å². The summed E-state index contributed by atoms with van der Waals surface area (Å²) in [6.07, 6.45) is 7.53. The molecular weight excluding hydrogens is 376 g/mol. The summed E-state index contributed by atoms with van der Waals surface area (Å²) >= 11 is 7.28. The molecule has 0 spiro atoms. The summed E-state index contributed by atoms with van der Waals surface area (Å²) in [5.74, 6) is 0. The molecule has 2 heteroatoms. The van der Waals surface area contributed by atoms with Crippen LogP contribution in [0.4, 0.5) is 0 Å². The Morgan fingerprint density at radius 2 is 1.45 bits per heavy atom. The van der Waals surface area contributed by atoms with Gasteiger partial charge in [-0.25, -0.2) is 0 Å². The molecule has 1 aliphatic carbocycles. The Kier molecular flexibility index (Phi) is 3.95. The van der Waals surface area contributed by atoms with E-state index in [1.54, 1.807) is 0 Å². The van der Waals surface area contributed by atoms with Crippen LogP contribution in [0, 0.1) is 0 Å². The molecule has 20 heavy (non-hydrogen) atoms. The van der Waals surface area contributed by atoms with Gasteiger partial charge in [-0.05, 0) is 28.7 Å². The van der Waals surface area contributed by atoms with E-state index in [0.29, 0.717) is 0 Å². The van der Waals surface area contributed by atoms with Crippen LogP contribution in [0.2, 0.25) is 0 Å². The molecule has 0 bridgehead atoms. The molecule has 0 atom stereocenters. The zero-order chi connectivity index (χ0) is 14.0. The first kappa shape index (κ1) is 13.8. The zero-order valence-electron chi connectivity index (χ0n) is 10.9. The molecule has 2 aromatic rings. The summed E-state index contributed by atoms with van der Waals surface area (Å²) in [6, 6.07) is 19.1. The fraction of sp³-hybridized carbons (Fsp3) is 0.111. The Balaban J connectivity index is 2.04. The van der Waals surface area contributed by atoms with E-state index < -0.39 is 0 Å². The Morgan fingerprint density at radius 3 is 2.10 bits per heavy atom. The van der Waals surface area contributed by atoms with E-state index in [9.17, 15) is 0 Å². The molecule has 0 aliphatic heterocycles. The van der Waals surface area contributed by atoms with Gasteiger partial charge in [-0.15, -0.1) is 0 Å². The van der Waals surface area contributed by atoms with E-state index in [4.69, 9.17) is 0 Å². The van der Waals surface area contributed by atoms with Crippen molar-refractivity contribution in [3.8, 4) is 11.1 Å². The van der Waals surface area contributed by atoms with Gasteiger partial charge in [0, 0.05) is 0 Å². The normalized spacial score (nSPS) is 16.8. The quantitative estimate of drug-likeness (QED) is 0.537. The first-order chi connectivity index (χ1) is 9.66. The average Bonchev–Trinajstić information content (AvgIpc) is 2.48. The standard InChI is InChI=1S/C18H14Br2/c19-18(20)12-10-15(11-13-18)17-9-5-4-8-16(17)14-6-2-1-3-7-14/h1-12H,13H2. The minimum atomic E-state index is -0.0921. The largest absolute Gasteiger partial charge is 0.102 e. The predicted molar refractivity (Wildman–Crippen MR) is 94.2 cm³/mol. The van der Waals surface area contributed by atoms with Gasteiger partial charge in [-0.1, -0.05) is 105 Å². The Hall–Kier alpha value is -1.12. The van der Waals surface area contributed by atoms with Crippen LogP contribution < -0.4 is 0 Å². The smallest absolute Gasteiger partial charge is 0.0741 e. The number of alkyl halides is 2. The van der Waals surface area contributed by atoms with E-state index in [1.807, 2.05) is 0 Å². The van der Waals surface area contributed by atoms with Crippen molar-refractivity contribution in [2.75, 3.05) is 0 Å². The van der Waals surface area contributed by atoms with Gasteiger partial charge in [0.1, 0.15) is 3.23 Å². The first-order valence-electron chi connectivity index (χ1n) is 6.58. The van der Waals surface area contributed by atoms with Gasteiger partial charge in [0.15, 0.2) is 0 Å². The molecular formula is C18H14Br2. The van der Waals surface area contributed by atoms with Crippen LogP contribution in [-0.2, 0) is 0 Å². The van der Waals surface area contributed by atoms with Gasteiger partial charge in [-0.3, -0.25) is 0 Å². The Morgan fingerprint density at radius 1 is 0.800 bits per heavy atom. The highest BCUT2D eigenvalue weighted by molar-refractivity contribution is 9.25. The van der Waals surface area contributed by atoms with Crippen molar-refractivity contribution in [2.24, 2.45) is 0 Å². The van der Waals surface area contributed by atoms with Crippen LogP contribution in [0.3, 0.4) is 0 Å². The number of benzene rings is 2. The minimum absolute atomic E-state index is 0.0921. The summed E-state index contributed by atoms with van der Waals surface area (Å²) in [4.78, 5) is 0. The van der Waals surface area contributed by atoms with Crippen molar-refractivity contribution in [3.05, 3.63) is 78.4 Å². The number of rotatable bonds is 2. The molecule has 3 rings (SSSR count). The summed E-state index contributed by atoms with van der Waals surface area (Å²) in [7, 11) is 0. The van der Waals surface area contributed by atoms with Gasteiger partial charge in [-0.2, -0.15) is 0 Å². The molecule has 0 fully saturated rings. The predicted octanol–water partition coefficient (Wildman–Crippen LogP) is 6.18. The second kappa shape index (κ2) is 5.71. The van der Waals surface area contributed by atoms with Gasteiger partial charge in [0.2, 0.25) is 0 Å². The highest BCUT2D eigenvalue weighted by Gasteiger charge is 2.21. The van der Waals surface area contributed by atoms with Gasteiger partial charge >= 0.3 is 0 Å². The molecule has 0 nitrogen and oxygen atoms in total. The number of hydrogen-bond acceptors (Lipinski definition) is 0. The van der Waals surface area contributed by atoms with Gasteiger partial charge in [0.25, 0.3) is 0 Å². The second-order valence-corrected chi connectivity index (χ2v) is 8.76. The zero-order valence-corrected chi connectivity index (χ0v) is 14.1. The van der Waals surface area contributed by atoms with Crippen molar-refractivity contribution in [1.82, 2.24) is 0 Å². The SMILES string of the molecule is BrC1(Br)C=CC(c2ccccc2-c2ccccc2)=CC1. The van der Waals surface area contributed by atoms with Crippen molar-refractivity contribution in [1.29, 1.82) is 0 Å². The third-order valence-corrected chi connectivity index (χ3v) is 4.60. The van der Waals surface area contributed by atoms with Crippen molar-refractivity contribution < 1.29 is 0 Å². The third-order valence-electron chi connectivity index (χ3n) is 3.42. The van der Waals surface area contributed by atoms with E-state index in [-0.39, 0.29) is 3.23 Å². The second-order valence-electron chi connectivity index (χ2n) is 4.87. The third kappa shape index (κ3) is 2.97. The van der Waals surface area contributed by atoms with Crippen molar-refractivity contribution >= 4 is 37.4 Å². The number of allylic oxidation sites excluding steroid dienone is 4. The monoisotopic (exact) mass is 388 g/mol. The molecule has 0 unspecified atom stereocenters. The maximum Gasteiger partial charge on any atom is 0.102 e. The van der Waals surface area contributed by atoms with E-state index >= 15 is 0 Å². The first-order valence-corrected chi connectivity index (χ1v) is 8.16. The molecule has 0 N–H and O–H groups in total. The molecule has 100 valence electrons. The maximum absolute atomic E-state index is 3.64. The molecule has 0 amide bonds. The van der Waals surface area contributed by atoms with Crippen LogP contribution in [0.1, 0.15) is 12.0 Å². The van der Waals surface area contributed by atoms with Crippen molar-refractivity contribution in [3.63, 3.8) is 0 Å². The fourth-order valence-corrected chi connectivity index (χ4v) is 2.99. The summed E-state index contributed by atoms with van der Waals surface area (Å²) in [5.41, 5.74) is 5.09. The van der Waals surface area contributed by atoms with Gasteiger partial charge in [0.05, 0.1) is 0 Å². The lowest BCUT2D eigenvalue weighted by Gasteiger charge is -2.20. The van der Waals surface area contributed by atoms with Crippen LogP contribution in [0.25, 0.3) is 16.7 Å². The van der Waals surface area contributed by atoms with Crippen LogP contribution in [-0.4, -0.2) is 3.23 Å². The Bertz CT molecular complexity index is 667. The highest BCUT2D eigenvalue weighted by atomic mass is 79.9. The summed E-state index contributed by atoms with van der Waals surface area (Å²) in [5, 5.41) is 0. The lowest BCUT2D eigenvalue weighted by atomic mass is 9.92. The Labute approximate surface area is 136 Å². The van der Waals surface area contributed by atoms with Crippen LogP contribution in [0.5, 0.6) is 0 Å². The van der Waals surface area contributed by atoms with E-state index in [2.05, 4.69) is 105 Å². The van der Waals surface area contributed by atoms with Crippen LogP contribution >= 0.6 is 31.9 Å². The molecule has 0 heterocycles. The molecule has 0 radical (unpaired) electrons. The van der Waals surface area contributed by atoms with Gasteiger partial charge < -0.3 is 0 Å². The molecule has 0 aromatic heterocycles. The van der Waals surface area contributed by atoms with Crippen molar-refractivity contribution in [2.45, 2.75) is 9.65 Å². The maximum atomic E-state index is 3.64. The van der Waals surface area contributed by atoms with Crippen LogP contribution in [0.15, 0.2) is 72.8 Å². The molecule has 0 saturated carbocycles. The number of hydrogen-bond donors (Lipinski definition) is 0. The molecule has 0 saturated heterocycles. The lowest BCUT2D eigenvalue weighted by molar-refractivity contribution is 1.03. The highest BCUT2D eigenvalue weighted by Crippen LogP contribution is 2.39.